The highest BCUT2D eigenvalue weighted by Gasteiger charge is 2.36. The summed E-state index contributed by atoms with van der Waals surface area (Å²) in [6.45, 7) is 9.20. The molecular formula is C13H27N. The topological polar surface area (TPSA) is 26.0 Å². The van der Waals surface area contributed by atoms with Crippen LogP contribution in [0, 0.1) is 17.8 Å². The van der Waals surface area contributed by atoms with E-state index < -0.39 is 0 Å². The molecule has 0 aliphatic heterocycles. The van der Waals surface area contributed by atoms with Crippen LogP contribution in [0.3, 0.4) is 0 Å². The second-order valence-electron chi connectivity index (χ2n) is 5.64. The van der Waals surface area contributed by atoms with E-state index in [1.807, 2.05) is 0 Å². The second kappa shape index (κ2) is 4.65. The molecule has 84 valence electrons. The van der Waals surface area contributed by atoms with Crippen molar-refractivity contribution in [3.8, 4) is 0 Å². The predicted molar refractivity (Wildman–Crippen MR) is 63.2 cm³/mol. The molecule has 4 unspecified atom stereocenters. The summed E-state index contributed by atoms with van der Waals surface area (Å²) in [5.41, 5.74) is 6.57. The van der Waals surface area contributed by atoms with Gasteiger partial charge >= 0.3 is 0 Å². The first-order valence-electron chi connectivity index (χ1n) is 6.27. The Balaban J connectivity index is 2.61. The molecular weight excluding hydrogens is 170 g/mol. The van der Waals surface area contributed by atoms with Crippen molar-refractivity contribution in [2.75, 3.05) is 0 Å². The summed E-state index contributed by atoms with van der Waals surface area (Å²) in [4.78, 5) is 0. The Hall–Kier alpha value is -0.0400. The average molecular weight is 197 g/mol. The first-order chi connectivity index (χ1) is 6.48. The maximum Gasteiger partial charge on any atom is 0.0180 e. The zero-order chi connectivity index (χ0) is 10.8. The van der Waals surface area contributed by atoms with Crippen molar-refractivity contribution in [2.24, 2.45) is 23.5 Å². The molecule has 0 bridgehead atoms. The molecule has 1 heteroatoms. The van der Waals surface area contributed by atoms with Gasteiger partial charge in [0.1, 0.15) is 0 Å². The SMILES string of the molecule is CCC(C)C(C)(N)C1CCCC(C)C1. The normalized spacial score (nSPS) is 34.9. The lowest BCUT2D eigenvalue weighted by atomic mass is 9.67. The van der Waals surface area contributed by atoms with Crippen LogP contribution in [-0.2, 0) is 0 Å². The van der Waals surface area contributed by atoms with Crippen molar-refractivity contribution in [1.29, 1.82) is 0 Å². The van der Waals surface area contributed by atoms with Crippen LogP contribution in [-0.4, -0.2) is 5.54 Å². The van der Waals surface area contributed by atoms with Crippen LogP contribution in [0.1, 0.15) is 59.8 Å². The molecule has 0 saturated heterocycles. The Morgan fingerprint density at radius 2 is 2.07 bits per heavy atom. The lowest BCUT2D eigenvalue weighted by Crippen LogP contribution is -2.50. The molecule has 1 aliphatic carbocycles. The molecule has 2 N–H and O–H groups in total. The van der Waals surface area contributed by atoms with Crippen molar-refractivity contribution >= 4 is 0 Å². The fraction of sp³-hybridized carbons (Fsp3) is 1.00. The maximum absolute atomic E-state index is 6.51. The molecule has 1 rings (SSSR count). The number of rotatable bonds is 3. The van der Waals surface area contributed by atoms with Crippen LogP contribution >= 0.6 is 0 Å². The Kier molecular flexibility index (Phi) is 4.00. The van der Waals surface area contributed by atoms with Gasteiger partial charge in [0.25, 0.3) is 0 Å². The van der Waals surface area contributed by atoms with Gasteiger partial charge in [-0.15, -0.1) is 0 Å². The fourth-order valence-electron chi connectivity index (χ4n) is 2.84. The van der Waals surface area contributed by atoms with Crippen molar-refractivity contribution < 1.29 is 0 Å². The number of hydrogen-bond acceptors (Lipinski definition) is 1. The third-order valence-corrected chi connectivity index (χ3v) is 4.49. The second-order valence-corrected chi connectivity index (χ2v) is 5.64. The van der Waals surface area contributed by atoms with Gasteiger partial charge in [-0.05, 0) is 37.5 Å². The van der Waals surface area contributed by atoms with E-state index in [4.69, 9.17) is 5.73 Å². The molecule has 4 atom stereocenters. The highest BCUT2D eigenvalue weighted by molar-refractivity contribution is 4.93. The summed E-state index contributed by atoms with van der Waals surface area (Å²) in [6, 6.07) is 0. The van der Waals surface area contributed by atoms with E-state index in [1.54, 1.807) is 0 Å². The van der Waals surface area contributed by atoms with Gasteiger partial charge in [-0.3, -0.25) is 0 Å². The highest BCUT2D eigenvalue weighted by Crippen LogP contribution is 2.38. The minimum Gasteiger partial charge on any atom is -0.325 e. The van der Waals surface area contributed by atoms with Crippen LogP contribution in [0.5, 0.6) is 0 Å². The zero-order valence-electron chi connectivity index (χ0n) is 10.3. The van der Waals surface area contributed by atoms with E-state index in [0.717, 1.165) is 11.8 Å². The van der Waals surface area contributed by atoms with Gasteiger partial charge in [-0.2, -0.15) is 0 Å². The largest absolute Gasteiger partial charge is 0.325 e. The number of nitrogens with two attached hydrogens (primary N) is 1. The molecule has 14 heavy (non-hydrogen) atoms. The maximum atomic E-state index is 6.51. The molecule has 1 nitrogen and oxygen atoms in total. The van der Waals surface area contributed by atoms with Crippen LogP contribution in [0.15, 0.2) is 0 Å². The van der Waals surface area contributed by atoms with Gasteiger partial charge in [0, 0.05) is 5.54 Å². The first kappa shape index (κ1) is 12.0. The van der Waals surface area contributed by atoms with Crippen LogP contribution in [0.2, 0.25) is 0 Å². The smallest absolute Gasteiger partial charge is 0.0180 e. The van der Waals surface area contributed by atoms with Crippen LogP contribution in [0.4, 0.5) is 0 Å². The molecule has 0 radical (unpaired) electrons. The summed E-state index contributed by atoms with van der Waals surface area (Å²) in [5, 5.41) is 0. The van der Waals surface area contributed by atoms with Gasteiger partial charge in [-0.25, -0.2) is 0 Å². The standard InChI is InChI=1S/C13H27N/c1-5-11(3)13(4,14)12-8-6-7-10(2)9-12/h10-12H,5-9,14H2,1-4H3. The molecule has 1 saturated carbocycles. The third kappa shape index (κ3) is 2.50. The van der Waals surface area contributed by atoms with E-state index in [-0.39, 0.29) is 5.54 Å². The van der Waals surface area contributed by atoms with Crippen molar-refractivity contribution in [2.45, 2.75) is 65.3 Å². The molecule has 0 amide bonds. The van der Waals surface area contributed by atoms with E-state index in [1.165, 1.54) is 32.1 Å². The van der Waals surface area contributed by atoms with Gasteiger partial charge in [-0.1, -0.05) is 40.0 Å². The third-order valence-electron chi connectivity index (χ3n) is 4.49. The summed E-state index contributed by atoms with van der Waals surface area (Å²) in [6.07, 6.45) is 6.69. The summed E-state index contributed by atoms with van der Waals surface area (Å²) in [5.74, 6) is 2.29. The molecule has 1 aliphatic rings. The molecule has 0 heterocycles. The van der Waals surface area contributed by atoms with Crippen LogP contribution in [0.25, 0.3) is 0 Å². The van der Waals surface area contributed by atoms with E-state index in [2.05, 4.69) is 27.7 Å². The predicted octanol–water partition coefficient (Wildman–Crippen LogP) is 3.58. The van der Waals surface area contributed by atoms with Crippen molar-refractivity contribution in [1.82, 2.24) is 0 Å². The lowest BCUT2D eigenvalue weighted by Gasteiger charge is -2.42. The number of hydrogen-bond donors (Lipinski definition) is 1. The summed E-state index contributed by atoms with van der Waals surface area (Å²) < 4.78 is 0. The zero-order valence-corrected chi connectivity index (χ0v) is 10.3. The van der Waals surface area contributed by atoms with Gasteiger partial charge < -0.3 is 5.73 Å². The fourth-order valence-corrected chi connectivity index (χ4v) is 2.84. The van der Waals surface area contributed by atoms with Gasteiger partial charge in [0.15, 0.2) is 0 Å². The van der Waals surface area contributed by atoms with Crippen molar-refractivity contribution in [3.05, 3.63) is 0 Å². The minimum absolute atomic E-state index is 0.0590. The Bertz CT molecular complexity index is 174. The molecule has 1 fully saturated rings. The average Bonchev–Trinajstić information content (AvgIpc) is 2.16. The lowest BCUT2D eigenvalue weighted by molar-refractivity contribution is 0.134. The summed E-state index contributed by atoms with van der Waals surface area (Å²) in [7, 11) is 0. The highest BCUT2D eigenvalue weighted by atomic mass is 14.8. The monoisotopic (exact) mass is 197 g/mol. The Morgan fingerprint density at radius 3 is 2.57 bits per heavy atom. The van der Waals surface area contributed by atoms with E-state index in [9.17, 15) is 0 Å². The van der Waals surface area contributed by atoms with Gasteiger partial charge in [0.2, 0.25) is 0 Å². The Labute approximate surface area is 89.5 Å². The summed E-state index contributed by atoms with van der Waals surface area (Å²) >= 11 is 0. The molecule has 0 aromatic rings. The minimum atomic E-state index is 0.0590. The van der Waals surface area contributed by atoms with Crippen LogP contribution < -0.4 is 5.73 Å². The molecule has 0 aromatic heterocycles. The Morgan fingerprint density at radius 1 is 1.43 bits per heavy atom. The molecule has 0 spiro atoms. The quantitative estimate of drug-likeness (QED) is 0.735. The van der Waals surface area contributed by atoms with Gasteiger partial charge in [0.05, 0.1) is 0 Å². The van der Waals surface area contributed by atoms with E-state index >= 15 is 0 Å². The molecule has 0 aromatic carbocycles. The first-order valence-corrected chi connectivity index (χ1v) is 6.27. The van der Waals surface area contributed by atoms with E-state index in [0.29, 0.717) is 5.92 Å². The van der Waals surface area contributed by atoms with Crippen molar-refractivity contribution in [3.63, 3.8) is 0 Å².